The number of amides is 2. The minimum atomic E-state index is -0.239. The van der Waals surface area contributed by atoms with Crippen molar-refractivity contribution in [3.05, 3.63) is 65.0 Å². The van der Waals surface area contributed by atoms with E-state index >= 15 is 0 Å². The minimum Gasteiger partial charge on any atom is -0.368 e. The van der Waals surface area contributed by atoms with Crippen LogP contribution in [0.2, 0.25) is 0 Å². The Hall–Kier alpha value is -2.27. The molecule has 2 amide bonds. The summed E-state index contributed by atoms with van der Waals surface area (Å²) in [7, 11) is 0. The van der Waals surface area contributed by atoms with Crippen molar-refractivity contribution in [1.82, 2.24) is 10.2 Å². The molecule has 1 heterocycles. The van der Waals surface area contributed by atoms with Gasteiger partial charge in [-0.25, -0.2) is 9.18 Å². The number of urea groups is 1. The third kappa shape index (κ3) is 5.36. The number of anilines is 1. The van der Waals surface area contributed by atoms with Gasteiger partial charge in [0.05, 0.1) is 0 Å². The second-order valence-corrected chi connectivity index (χ2v) is 6.80. The van der Waals surface area contributed by atoms with Gasteiger partial charge < -0.3 is 15.1 Å². The van der Waals surface area contributed by atoms with Crippen molar-refractivity contribution < 1.29 is 9.18 Å². The van der Waals surface area contributed by atoms with Gasteiger partial charge in [-0.3, -0.25) is 0 Å². The number of nitrogens with one attached hydrogen (secondary N) is 1. The number of piperazine rings is 1. The third-order valence-corrected chi connectivity index (χ3v) is 5.06. The highest BCUT2D eigenvalue weighted by Gasteiger charge is 2.22. The molecule has 0 saturated carbocycles. The zero-order valence-corrected chi connectivity index (χ0v) is 16.7. The van der Waals surface area contributed by atoms with Crippen molar-refractivity contribution in [3.63, 3.8) is 0 Å². The summed E-state index contributed by atoms with van der Waals surface area (Å²) in [5, 5.41) is 2.94. The molecule has 146 valence electrons. The highest BCUT2D eigenvalue weighted by Crippen LogP contribution is 2.23. The van der Waals surface area contributed by atoms with Crippen LogP contribution in [0.3, 0.4) is 0 Å². The van der Waals surface area contributed by atoms with E-state index in [9.17, 15) is 9.18 Å². The average molecular weight is 392 g/mol. The maximum Gasteiger partial charge on any atom is 0.317 e. The summed E-state index contributed by atoms with van der Waals surface area (Å²) in [6.45, 7) is 7.87. The van der Waals surface area contributed by atoms with Gasteiger partial charge in [0.1, 0.15) is 5.82 Å². The summed E-state index contributed by atoms with van der Waals surface area (Å²) in [6.07, 6.45) is 0.631. The first-order chi connectivity index (χ1) is 12.5. The largest absolute Gasteiger partial charge is 0.368 e. The molecule has 2 aromatic rings. The van der Waals surface area contributed by atoms with Gasteiger partial charge in [0, 0.05) is 38.4 Å². The molecule has 0 atom stereocenters. The molecule has 1 N–H and O–H groups in total. The van der Waals surface area contributed by atoms with E-state index in [0.29, 0.717) is 26.1 Å². The van der Waals surface area contributed by atoms with Crippen molar-refractivity contribution >= 4 is 24.1 Å². The number of aryl methyl sites for hydroxylation is 1. The van der Waals surface area contributed by atoms with Gasteiger partial charge in [-0.1, -0.05) is 24.3 Å². The van der Waals surface area contributed by atoms with Crippen LogP contribution in [0.25, 0.3) is 0 Å². The van der Waals surface area contributed by atoms with Gasteiger partial charge >= 0.3 is 6.03 Å². The van der Waals surface area contributed by atoms with E-state index in [1.54, 1.807) is 6.07 Å². The summed E-state index contributed by atoms with van der Waals surface area (Å²) in [5.74, 6) is -0.239. The van der Waals surface area contributed by atoms with E-state index in [-0.39, 0.29) is 24.3 Å². The van der Waals surface area contributed by atoms with Crippen molar-refractivity contribution in [2.75, 3.05) is 37.6 Å². The zero-order chi connectivity index (χ0) is 18.5. The lowest BCUT2D eigenvalue weighted by molar-refractivity contribution is 0.194. The predicted molar refractivity (Wildman–Crippen MR) is 110 cm³/mol. The maximum absolute atomic E-state index is 13.2. The lowest BCUT2D eigenvalue weighted by Gasteiger charge is -2.37. The molecule has 1 fully saturated rings. The number of nitrogens with zero attached hydrogens (tertiary/aromatic N) is 2. The van der Waals surface area contributed by atoms with Crippen molar-refractivity contribution in [2.45, 2.75) is 20.3 Å². The van der Waals surface area contributed by atoms with Crippen LogP contribution in [0.1, 0.15) is 16.7 Å². The first-order valence-electron chi connectivity index (χ1n) is 9.13. The van der Waals surface area contributed by atoms with Crippen LogP contribution in [0.4, 0.5) is 14.9 Å². The Balaban J connectivity index is 0.00000261. The Bertz CT molecular complexity index is 776. The number of benzene rings is 2. The second-order valence-electron chi connectivity index (χ2n) is 6.80. The standard InChI is InChI=1S/C21H26FN3O.ClH/c1-16-5-3-8-20(17(16)2)24-11-13-25(14-12-24)21(26)23-10-9-18-6-4-7-19(22)15-18;/h3-8,15H,9-14H2,1-2H3,(H,23,26);1H. The molecule has 1 aliphatic rings. The molecule has 3 rings (SSSR count). The van der Waals surface area contributed by atoms with Gasteiger partial charge in [-0.05, 0) is 55.2 Å². The first kappa shape index (κ1) is 21.0. The Morgan fingerprint density at radius 3 is 2.48 bits per heavy atom. The topological polar surface area (TPSA) is 35.6 Å². The molecule has 1 saturated heterocycles. The van der Waals surface area contributed by atoms with Crippen LogP contribution in [0.15, 0.2) is 42.5 Å². The fraction of sp³-hybridized carbons (Fsp3) is 0.381. The van der Waals surface area contributed by atoms with Crippen molar-refractivity contribution in [1.29, 1.82) is 0 Å². The molecule has 0 aliphatic carbocycles. The third-order valence-electron chi connectivity index (χ3n) is 5.06. The molecular weight excluding hydrogens is 365 g/mol. The van der Waals surface area contributed by atoms with Crippen LogP contribution in [0, 0.1) is 19.7 Å². The lowest BCUT2D eigenvalue weighted by Crippen LogP contribution is -2.52. The van der Waals surface area contributed by atoms with Crippen molar-refractivity contribution in [2.24, 2.45) is 0 Å². The summed E-state index contributed by atoms with van der Waals surface area (Å²) < 4.78 is 13.2. The van der Waals surface area contributed by atoms with Gasteiger partial charge in [-0.2, -0.15) is 0 Å². The average Bonchev–Trinajstić information content (AvgIpc) is 2.64. The van der Waals surface area contributed by atoms with Crippen molar-refractivity contribution in [3.8, 4) is 0 Å². The highest BCUT2D eigenvalue weighted by atomic mass is 35.5. The van der Waals surface area contributed by atoms with E-state index in [2.05, 4.69) is 42.3 Å². The van der Waals surface area contributed by atoms with E-state index in [1.807, 2.05) is 11.0 Å². The van der Waals surface area contributed by atoms with Gasteiger partial charge in [0.2, 0.25) is 0 Å². The molecule has 0 radical (unpaired) electrons. The van der Waals surface area contributed by atoms with E-state index in [4.69, 9.17) is 0 Å². The second kappa shape index (κ2) is 9.60. The smallest absolute Gasteiger partial charge is 0.317 e. The van der Waals surface area contributed by atoms with E-state index in [0.717, 1.165) is 18.7 Å². The Morgan fingerprint density at radius 2 is 1.78 bits per heavy atom. The van der Waals surface area contributed by atoms with Crippen LogP contribution in [-0.2, 0) is 6.42 Å². The lowest BCUT2D eigenvalue weighted by atomic mass is 10.1. The molecule has 27 heavy (non-hydrogen) atoms. The highest BCUT2D eigenvalue weighted by molar-refractivity contribution is 5.85. The molecule has 2 aromatic carbocycles. The first-order valence-corrected chi connectivity index (χ1v) is 9.13. The zero-order valence-electron chi connectivity index (χ0n) is 15.9. The fourth-order valence-corrected chi connectivity index (χ4v) is 3.35. The number of hydrogen-bond donors (Lipinski definition) is 1. The van der Waals surface area contributed by atoms with Crippen LogP contribution >= 0.6 is 12.4 Å². The molecule has 0 unspecified atom stereocenters. The number of carbonyl (C=O) groups is 1. The summed E-state index contributed by atoms with van der Waals surface area (Å²) in [6, 6.07) is 12.8. The molecule has 1 aliphatic heterocycles. The van der Waals surface area contributed by atoms with E-state index in [1.165, 1.54) is 28.9 Å². The number of halogens is 2. The number of hydrogen-bond acceptors (Lipinski definition) is 2. The molecule has 4 nitrogen and oxygen atoms in total. The Morgan fingerprint density at radius 1 is 1.07 bits per heavy atom. The Labute approximate surface area is 166 Å². The molecule has 0 spiro atoms. The van der Waals surface area contributed by atoms with Gasteiger partial charge in [0.25, 0.3) is 0 Å². The molecule has 6 heteroatoms. The van der Waals surface area contributed by atoms with Crippen LogP contribution in [-0.4, -0.2) is 43.7 Å². The molecule has 0 bridgehead atoms. The summed E-state index contributed by atoms with van der Waals surface area (Å²) >= 11 is 0. The van der Waals surface area contributed by atoms with E-state index < -0.39 is 0 Å². The molecule has 0 aromatic heterocycles. The number of rotatable bonds is 4. The SMILES string of the molecule is Cc1cccc(N2CCN(C(=O)NCCc3cccc(F)c3)CC2)c1C.Cl. The van der Waals surface area contributed by atoms with Crippen LogP contribution < -0.4 is 10.2 Å². The quantitative estimate of drug-likeness (QED) is 0.856. The summed E-state index contributed by atoms with van der Waals surface area (Å²) in [5.41, 5.74) is 4.75. The normalized spacial score (nSPS) is 13.9. The van der Waals surface area contributed by atoms with Gasteiger partial charge in [0.15, 0.2) is 0 Å². The monoisotopic (exact) mass is 391 g/mol. The summed E-state index contributed by atoms with van der Waals surface area (Å²) in [4.78, 5) is 16.5. The van der Waals surface area contributed by atoms with Gasteiger partial charge in [-0.15, -0.1) is 12.4 Å². The minimum absolute atomic E-state index is 0. The van der Waals surface area contributed by atoms with Crippen LogP contribution in [0.5, 0.6) is 0 Å². The maximum atomic E-state index is 13.2. The molecular formula is C21H27ClFN3O. The number of carbonyl (C=O) groups excluding carboxylic acids is 1. The fourth-order valence-electron chi connectivity index (χ4n) is 3.35. The Kier molecular flexibility index (Phi) is 7.48. The predicted octanol–water partition coefficient (Wildman–Crippen LogP) is 3.94.